The maximum Gasteiger partial charge on any atom is 0.123 e. The zero-order valence-corrected chi connectivity index (χ0v) is 11.6. The first-order chi connectivity index (χ1) is 9.40. The minimum atomic E-state index is 0.251. The summed E-state index contributed by atoms with van der Waals surface area (Å²) in [5, 5.41) is 3.31. The van der Waals surface area contributed by atoms with Crippen LogP contribution >= 0.6 is 0 Å². The first-order valence-electron chi connectivity index (χ1n) is 7.01. The highest BCUT2D eigenvalue weighted by Crippen LogP contribution is 2.17. The first-order valence-corrected chi connectivity index (χ1v) is 7.01. The van der Waals surface area contributed by atoms with Gasteiger partial charge in [-0.05, 0) is 19.0 Å². The molecule has 1 atom stereocenters. The van der Waals surface area contributed by atoms with Crippen molar-refractivity contribution in [3.8, 4) is 5.75 Å². The Balaban J connectivity index is 1.72. The van der Waals surface area contributed by atoms with E-state index in [0.717, 1.165) is 38.5 Å². The van der Waals surface area contributed by atoms with Gasteiger partial charge in [0.2, 0.25) is 0 Å². The predicted molar refractivity (Wildman–Crippen MR) is 74.5 cm³/mol. The van der Waals surface area contributed by atoms with Crippen LogP contribution in [-0.4, -0.2) is 39.1 Å². The Morgan fingerprint density at radius 3 is 3.00 bits per heavy atom. The summed E-state index contributed by atoms with van der Waals surface area (Å²) in [5.41, 5.74) is 1.19. The number of para-hydroxylation sites is 1. The Hall–Kier alpha value is -1.10. The van der Waals surface area contributed by atoms with Crippen LogP contribution in [0.3, 0.4) is 0 Å². The second-order valence-corrected chi connectivity index (χ2v) is 4.59. The normalized spacial score (nSPS) is 18.7. The summed E-state index contributed by atoms with van der Waals surface area (Å²) >= 11 is 0. The van der Waals surface area contributed by atoms with E-state index in [0.29, 0.717) is 13.2 Å². The third-order valence-electron chi connectivity index (χ3n) is 3.12. The van der Waals surface area contributed by atoms with Gasteiger partial charge in [-0.3, -0.25) is 0 Å². The van der Waals surface area contributed by atoms with Crippen LogP contribution in [0, 0.1) is 0 Å². The van der Waals surface area contributed by atoms with E-state index >= 15 is 0 Å². The molecular formula is C15H23NO3. The number of rotatable bonds is 8. The molecule has 1 fully saturated rings. The van der Waals surface area contributed by atoms with Crippen LogP contribution in [-0.2, 0) is 16.0 Å². The molecule has 0 bridgehead atoms. The van der Waals surface area contributed by atoms with E-state index in [-0.39, 0.29) is 6.10 Å². The van der Waals surface area contributed by atoms with Gasteiger partial charge in [-0.2, -0.15) is 0 Å². The molecule has 0 aliphatic carbocycles. The topological polar surface area (TPSA) is 39.7 Å². The molecule has 1 aliphatic heterocycles. The van der Waals surface area contributed by atoms with Crippen molar-refractivity contribution in [2.45, 2.75) is 26.0 Å². The van der Waals surface area contributed by atoms with Gasteiger partial charge in [-0.15, -0.1) is 0 Å². The molecular weight excluding hydrogens is 242 g/mol. The standard InChI is InChI=1S/C15H23NO3/c1-2-16-11-13-5-3-4-6-15(13)19-10-9-18-14-7-8-17-12-14/h3-6,14,16H,2,7-12H2,1H3. The molecule has 106 valence electrons. The van der Waals surface area contributed by atoms with Gasteiger partial charge < -0.3 is 19.5 Å². The van der Waals surface area contributed by atoms with Crippen LogP contribution in [0.15, 0.2) is 24.3 Å². The van der Waals surface area contributed by atoms with Gasteiger partial charge in [-0.1, -0.05) is 25.1 Å². The van der Waals surface area contributed by atoms with Crippen LogP contribution in [0.4, 0.5) is 0 Å². The zero-order valence-electron chi connectivity index (χ0n) is 11.6. The Labute approximate surface area is 115 Å². The van der Waals surface area contributed by atoms with E-state index < -0.39 is 0 Å². The zero-order chi connectivity index (χ0) is 13.3. The number of ether oxygens (including phenoxy) is 3. The lowest BCUT2D eigenvalue weighted by atomic mass is 10.2. The highest BCUT2D eigenvalue weighted by molar-refractivity contribution is 5.33. The Kier molecular flexibility index (Phi) is 6.14. The van der Waals surface area contributed by atoms with Crippen LogP contribution in [0.25, 0.3) is 0 Å². The summed E-state index contributed by atoms with van der Waals surface area (Å²) in [5.74, 6) is 0.940. The maximum absolute atomic E-state index is 5.79. The van der Waals surface area contributed by atoms with Crippen molar-refractivity contribution in [3.05, 3.63) is 29.8 Å². The SMILES string of the molecule is CCNCc1ccccc1OCCOC1CCOC1. The summed E-state index contributed by atoms with van der Waals surface area (Å²) in [6, 6.07) is 8.12. The fourth-order valence-electron chi connectivity index (χ4n) is 2.06. The summed E-state index contributed by atoms with van der Waals surface area (Å²) in [7, 11) is 0. The number of nitrogens with one attached hydrogen (secondary N) is 1. The maximum atomic E-state index is 5.79. The molecule has 1 saturated heterocycles. The molecule has 0 spiro atoms. The van der Waals surface area contributed by atoms with Crippen molar-refractivity contribution >= 4 is 0 Å². The molecule has 1 heterocycles. The molecule has 1 N–H and O–H groups in total. The van der Waals surface area contributed by atoms with E-state index in [1.165, 1.54) is 5.56 Å². The lowest BCUT2D eigenvalue weighted by molar-refractivity contribution is 0.0264. The van der Waals surface area contributed by atoms with Crippen molar-refractivity contribution in [1.82, 2.24) is 5.32 Å². The van der Waals surface area contributed by atoms with E-state index in [9.17, 15) is 0 Å². The highest BCUT2D eigenvalue weighted by atomic mass is 16.6. The highest BCUT2D eigenvalue weighted by Gasteiger charge is 2.15. The summed E-state index contributed by atoms with van der Waals surface area (Å²) < 4.78 is 16.7. The summed E-state index contributed by atoms with van der Waals surface area (Å²) in [6.07, 6.45) is 1.25. The van der Waals surface area contributed by atoms with Crippen LogP contribution in [0.1, 0.15) is 18.9 Å². The van der Waals surface area contributed by atoms with Crippen molar-refractivity contribution in [3.63, 3.8) is 0 Å². The molecule has 1 aromatic rings. The van der Waals surface area contributed by atoms with Gasteiger partial charge in [0.25, 0.3) is 0 Å². The van der Waals surface area contributed by atoms with E-state index in [2.05, 4.69) is 18.3 Å². The van der Waals surface area contributed by atoms with Gasteiger partial charge in [0.15, 0.2) is 0 Å². The second kappa shape index (κ2) is 8.15. The molecule has 0 aromatic heterocycles. The molecule has 19 heavy (non-hydrogen) atoms. The lowest BCUT2D eigenvalue weighted by Gasteiger charge is -2.13. The van der Waals surface area contributed by atoms with Gasteiger partial charge >= 0.3 is 0 Å². The van der Waals surface area contributed by atoms with E-state index in [1.807, 2.05) is 18.2 Å². The quantitative estimate of drug-likeness (QED) is 0.730. The van der Waals surface area contributed by atoms with Crippen molar-refractivity contribution in [2.24, 2.45) is 0 Å². The van der Waals surface area contributed by atoms with Crippen molar-refractivity contribution in [2.75, 3.05) is 33.0 Å². The molecule has 1 aromatic carbocycles. The van der Waals surface area contributed by atoms with E-state index in [4.69, 9.17) is 14.2 Å². The minimum Gasteiger partial charge on any atom is -0.491 e. The average molecular weight is 265 g/mol. The van der Waals surface area contributed by atoms with Gasteiger partial charge in [0, 0.05) is 18.7 Å². The molecule has 2 rings (SSSR count). The monoisotopic (exact) mass is 265 g/mol. The first kappa shape index (κ1) is 14.3. The Bertz CT molecular complexity index is 364. The van der Waals surface area contributed by atoms with Gasteiger partial charge in [0.1, 0.15) is 12.4 Å². The molecule has 4 nitrogen and oxygen atoms in total. The van der Waals surface area contributed by atoms with Crippen LogP contribution in [0.2, 0.25) is 0 Å². The summed E-state index contributed by atoms with van der Waals surface area (Å²) in [4.78, 5) is 0. The van der Waals surface area contributed by atoms with Crippen molar-refractivity contribution < 1.29 is 14.2 Å². The van der Waals surface area contributed by atoms with Gasteiger partial charge in [0.05, 0.1) is 19.3 Å². The minimum absolute atomic E-state index is 0.251. The molecule has 1 aliphatic rings. The summed E-state index contributed by atoms with van der Waals surface area (Å²) in [6.45, 7) is 6.63. The third-order valence-corrected chi connectivity index (χ3v) is 3.12. The Morgan fingerprint density at radius 1 is 1.32 bits per heavy atom. The molecule has 4 heteroatoms. The third kappa shape index (κ3) is 4.82. The number of hydrogen-bond donors (Lipinski definition) is 1. The average Bonchev–Trinajstić information content (AvgIpc) is 2.95. The Morgan fingerprint density at radius 2 is 2.21 bits per heavy atom. The fourth-order valence-corrected chi connectivity index (χ4v) is 2.06. The van der Waals surface area contributed by atoms with E-state index in [1.54, 1.807) is 0 Å². The number of hydrogen-bond acceptors (Lipinski definition) is 4. The molecule has 0 radical (unpaired) electrons. The molecule has 0 saturated carbocycles. The smallest absolute Gasteiger partial charge is 0.123 e. The lowest BCUT2D eigenvalue weighted by Crippen LogP contribution is -2.18. The molecule has 0 amide bonds. The fraction of sp³-hybridized carbons (Fsp3) is 0.600. The van der Waals surface area contributed by atoms with Crippen LogP contribution in [0.5, 0.6) is 5.75 Å². The van der Waals surface area contributed by atoms with Crippen LogP contribution < -0.4 is 10.1 Å². The largest absolute Gasteiger partial charge is 0.491 e. The predicted octanol–water partition coefficient (Wildman–Crippen LogP) is 1.98. The molecule has 1 unspecified atom stereocenters. The van der Waals surface area contributed by atoms with Gasteiger partial charge in [-0.25, -0.2) is 0 Å². The van der Waals surface area contributed by atoms with Crippen molar-refractivity contribution in [1.29, 1.82) is 0 Å². The number of benzene rings is 1. The second-order valence-electron chi connectivity index (χ2n) is 4.59.